The van der Waals surface area contributed by atoms with Gasteiger partial charge in [-0.3, -0.25) is 14.4 Å². The molecule has 9 nitrogen and oxygen atoms in total. The van der Waals surface area contributed by atoms with E-state index in [1.165, 1.54) is 18.5 Å². The summed E-state index contributed by atoms with van der Waals surface area (Å²) >= 11 is 0. The van der Waals surface area contributed by atoms with E-state index in [9.17, 15) is 22.8 Å². The molecule has 1 aliphatic rings. The molecular formula is C21H24N4O5S. The van der Waals surface area contributed by atoms with Gasteiger partial charge in [0, 0.05) is 24.5 Å². The van der Waals surface area contributed by atoms with Crippen LogP contribution in [-0.2, 0) is 37.4 Å². The van der Waals surface area contributed by atoms with Crippen LogP contribution in [0.15, 0.2) is 47.6 Å². The number of hydrogen-bond acceptors (Lipinski definition) is 7. The Morgan fingerprint density at radius 1 is 1.16 bits per heavy atom. The second-order valence-corrected chi connectivity index (χ2v) is 9.49. The molecule has 2 heterocycles. The molecule has 1 aliphatic heterocycles. The fourth-order valence-corrected chi connectivity index (χ4v) is 4.77. The lowest BCUT2D eigenvalue weighted by molar-refractivity contribution is -0.141. The number of nitrogens with zero attached hydrogens (tertiary/aromatic N) is 2. The number of fused-ring (bicyclic) bond motifs is 2. The summed E-state index contributed by atoms with van der Waals surface area (Å²) in [4.78, 5) is 46.1. The molecule has 2 unspecified atom stereocenters. The van der Waals surface area contributed by atoms with Crippen LogP contribution in [0.1, 0.15) is 31.7 Å². The van der Waals surface area contributed by atoms with Gasteiger partial charge in [0.25, 0.3) is 5.91 Å². The van der Waals surface area contributed by atoms with Gasteiger partial charge < -0.3 is 5.32 Å². The molecule has 164 valence electrons. The standard InChI is InChI=1S/C21H24N4O5S/c1-13(2)19(25-31(29,30)17-6-4-3-5-7-17)18(26)9-14-8-15-10-16(24-12-23-15)11-22-21(28)20(14)27/h3-7,10,12-14,19,25H,8-9,11H2,1-2H3,(H,22,28). The highest BCUT2D eigenvalue weighted by Gasteiger charge is 2.34. The minimum atomic E-state index is -3.93. The predicted molar refractivity (Wildman–Crippen MR) is 111 cm³/mol. The third kappa shape index (κ3) is 5.59. The van der Waals surface area contributed by atoms with Gasteiger partial charge in [0.15, 0.2) is 5.78 Å². The molecule has 0 radical (unpaired) electrons. The molecule has 0 aliphatic carbocycles. The highest BCUT2D eigenvalue weighted by atomic mass is 32.2. The first-order valence-corrected chi connectivity index (χ1v) is 11.4. The number of Topliss-reactive ketones (excluding diaryl/α,β-unsaturated/α-hetero) is 2. The molecule has 2 aromatic rings. The van der Waals surface area contributed by atoms with Crippen molar-refractivity contribution in [2.24, 2.45) is 11.8 Å². The molecule has 31 heavy (non-hydrogen) atoms. The Balaban J connectivity index is 1.82. The van der Waals surface area contributed by atoms with Crippen molar-refractivity contribution >= 4 is 27.5 Å². The Morgan fingerprint density at radius 2 is 1.84 bits per heavy atom. The van der Waals surface area contributed by atoms with Gasteiger partial charge in [-0.25, -0.2) is 23.1 Å². The van der Waals surface area contributed by atoms with Crippen molar-refractivity contribution in [1.82, 2.24) is 20.0 Å². The van der Waals surface area contributed by atoms with Crippen molar-refractivity contribution < 1.29 is 22.8 Å². The van der Waals surface area contributed by atoms with Crippen LogP contribution in [0.2, 0.25) is 0 Å². The highest BCUT2D eigenvalue weighted by Crippen LogP contribution is 2.19. The number of hydrogen-bond donors (Lipinski definition) is 2. The normalized spacial score (nSPS) is 18.0. The van der Waals surface area contributed by atoms with E-state index in [1.54, 1.807) is 38.1 Å². The molecule has 2 N–H and O–H groups in total. The lowest BCUT2D eigenvalue weighted by atomic mass is 9.88. The number of aromatic nitrogens is 2. The molecule has 0 saturated heterocycles. The molecule has 1 aromatic heterocycles. The summed E-state index contributed by atoms with van der Waals surface area (Å²) in [5.74, 6) is -3.30. The number of nitrogens with one attached hydrogen (secondary N) is 2. The van der Waals surface area contributed by atoms with Gasteiger partial charge in [-0.1, -0.05) is 32.0 Å². The van der Waals surface area contributed by atoms with E-state index in [1.807, 2.05) is 0 Å². The monoisotopic (exact) mass is 444 g/mol. The lowest BCUT2D eigenvalue weighted by Crippen LogP contribution is -2.46. The molecule has 2 bridgehead atoms. The average molecular weight is 445 g/mol. The number of benzene rings is 1. The van der Waals surface area contributed by atoms with E-state index in [2.05, 4.69) is 20.0 Å². The zero-order valence-electron chi connectivity index (χ0n) is 17.2. The van der Waals surface area contributed by atoms with E-state index < -0.39 is 39.5 Å². The number of carbonyl (C=O) groups excluding carboxylic acids is 3. The van der Waals surface area contributed by atoms with Crippen LogP contribution in [0.4, 0.5) is 0 Å². The van der Waals surface area contributed by atoms with Crippen molar-refractivity contribution in [3.05, 3.63) is 54.1 Å². The molecule has 2 atom stereocenters. The first-order chi connectivity index (χ1) is 14.7. The largest absolute Gasteiger partial charge is 0.344 e. The summed E-state index contributed by atoms with van der Waals surface area (Å²) in [6.45, 7) is 3.52. The Bertz CT molecular complexity index is 1090. The van der Waals surface area contributed by atoms with Gasteiger partial charge in [0.05, 0.1) is 23.2 Å². The van der Waals surface area contributed by atoms with E-state index in [0.29, 0.717) is 11.4 Å². The Labute approximate surface area is 180 Å². The van der Waals surface area contributed by atoms with Crippen LogP contribution < -0.4 is 10.0 Å². The van der Waals surface area contributed by atoms with Crippen LogP contribution in [0.3, 0.4) is 0 Å². The Morgan fingerprint density at radius 3 is 2.52 bits per heavy atom. The number of sulfonamides is 1. The molecule has 0 spiro atoms. The van der Waals surface area contributed by atoms with Crippen molar-refractivity contribution in [3.63, 3.8) is 0 Å². The number of rotatable bonds is 7. The lowest BCUT2D eigenvalue weighted by Gasteiger charge is -2.23. The second kappa shape index (κ2) is 9.44. The van der Waals surface area contributed by atoms with Crippen molar-refractivity contribution in [3.8, 4) is 0 Å². The van der Waals surface area contributed by atoms with Gasteiger partial charge in [-0.15, -0.1) is 0 Å². The van der Waals surface area contributed by atoms with Crippen molar-refractivity contribution in [2.45, 2.75) is 44.2 Å². The molecular weight excluding hydrogens is 420 g/mol. The smallest absolute Gasteiger partial charge is 0.288 e. The summed E-state index contributed by atoms with van der Waals surface area (Å²) in [5.41, 5.74) is 1.10. The maximum Gasteiger partial charge on any atom is 0.288 e. The fraction of sp³-hybridized carbons (Fsp3) is 0.381. The topological polar surface area (TPSA) is 135 Å². The third-order valence-corrected chi connectivity index (χ3v) is 6.51. The number of ketones is 2. The number of carbonyl (C=O) groups is 3. The van der Waals surface area contributed by atoms with E-state index in [0.717, 1.165) is 0 Å². The van der Waals surface area contributed by atoms with Gasteiger partial charge >= 0.3 is 0 Å². The molecule has 1 aromatic carbocycles. The van der Waals surface area contributed by atoms with Crippen LogP contribution in [-0.4, -0.2) is 41.9 Å². The van der Waals surface area contributed by atoms with Gasteiger partial charge in [-0.2, -0.15) is 0 Å². The molecule has 0 fully saturated rings. The zero-order valence-corrected chi connectivity index (χ0v) is 18.1. The zero-order chi connectivity index (χ0) is 22.6. The molecule has 3 rings (SSSR count). The summed E-state index contributed by atoms with van der Waals surface area (Å²) < 4.78 is 27.9. The minimum absolute atomic E-state index is 0.0415. The van der Waals surface area contributed by atoms with Gasteiger partial charge in [0.1, 0.15) is 6.33 Å². The SMILES string of the molecule is CC(C)C(NS(=O)(=O)c1ccccc1)C(=O)CC1Cc2cc(ncn2)CNC(=O)C1=O. The summed E-state index contributed by atoms with van der Waals surface area (Å²) in [7, 11) is -3.93. The molecule has 0 saturated carbocycles. The molecule has 1 amide bonds. The summed E-state index contributed by atoms with van der Waals surface area (Å²) in [5, 5.41) is 2.50. The van der Waals surface area contributed by atoms with Crippen molar-refractivity contribution in [2.75, 3.05) is 0 Å². The number of amides is 1. The summed E-state index contributed by atoms with van der Waals surface area (Å²) in [6, 6.07) is 8.36. The maximum absolute atomic E-state index is 13.1. The van der Waals surface area contributed by atoms with Crippen LogP contribution in [0, 0.1) is 11.8 Å². The van der Waals surface area contributed by atoms with E-state index in [-0.39, 0.29) is 30.2 Å². The van der Waals surface area contributed by atoms with Gasteiger partial charge in [0.2, 0.25) is 15.8 Å². The van der Waals surface area contributed by atoms with E-state index in [4.69, 9.17) is 0 Å². The highest BCUT2D eigenvalue weighted by molar-refractivity contribution is 7.89. The maximum atomic E-state index is 13.1. The van der Waals surface area contributed by atoms with Crippen molar-refractivity contribution in [1.29, 1.82) is 0 Å². The Hall–Kier alpha value is -2.98. The predicted octanol–water partition coefficient (Wildman–Crippen LogP) is 0.796. The first-order valence-electron chi connectivity index (χ1n) is 9.89. The average Bonchev–Trinajstić information content (AvgIpc) is 2.78. The summed E-state index contributed by atoms with van der Waals surface area (Å²) in [6.07, 6.45) is 1.14. The Kier molecular flexibility index (Phi) is 6.91. The fourth-order valence-electron chi connectivity index (χ4n) is 3.38. The van der Waals surface area contributed by atoms with Crippen LogP contribution in [0.5, 0.6) is 0 Å². The molecule has 10 heteroatoms. The third-order valence-electron chi connectivity index (χ3n) is 5.06. The van der Waals surface area contributed by atoms with Crippen LogP contribution >= 0.6 is 0 Å². The van der Waals surface area contributed by atoms with E-state index >= 15 is 0 Å². The van der Waals surface area contributed by atoms with Crippen LogP contribution in [0.25, 0.3) is 0 Å². The second-order valence-electron chi connectivity index (χ2n) is 7.78. The first kappa shape index (κ1) is 22.7. The van der Waals surface area contributed by atoms with Gasteiger partial charge in [-0.05, 0) is 24.1 Å². The minimum Gasteiger partial charge on any atom is -0.344 e. The quantitative estimate of drug-likeness (QED) is 0.603.